The fourth-order valence-corrected chi connectivity index (χ4v) is 2.73. The van der Waals surface area contributed by atoms with Crippen molar-refractivity contribution in [3.63, 3.8) is 0 Å². The van der Waals surface area contributed by atoms with E-state index in [9.17, 15) is 0 Å². The molecule has 120 valence electrons. The van der Waals surface area contributed by atoms with E-state index in [1.165, 1.54) is 5.56 Å². The smallest absolute Gasteiger partial charge is 0.234 e. The Balaban J connectivity index is 2.18. The van der Waals surface area contributed by atoms with E-state index >= 15 is 0 Å². The summed E-state index contributed by atoms with van der Waals surface area (Å²) < 4.78 is 7.45. The Hall–Kier alpha value is -2.20. The van der Waals surface area contributed by atoms with Gasteiger partial charge in [0.25, 0.3) is 0 Å². The summed E-state index contributed by atoms with van der Waals surface area (Å²) in [5.41, 5.74) is 4.42. The number of nitrogens with zero attached hydrogens (tertiary/aromatic N) is 3. The van der Waals surface area contributed by atoms with E-state index in [1.54, 1.807) is 13.3 Å². The van der Waals surface area contributed by atoms with Crippen LogP contribution in [0.15, 0.2) is 42.7 Å². The van der Waals surface area contributed by atoms with Crippen LogP contribution in [0, 0.1) is 0 Å². The first-order valence-corrected chi connectivity index (χ1v) is 7.88. The zero-order valence-electron chi connectivity index (χ0n) is 14.4. The van der Waals surface area contributed by atoms with Crippen molar-refractivity contribution in [2.45, 2.75) is 39.2 Å². The van der Waals surface area contributed by atoms with Crippen LogP contribution in [-0.2, 0) is 10.2 Å². The van der Waals surface area contributed by atoms with Crippen molar-refractivity contribution in [1.29, 1.82) is 0 Å². The summed E-state index contributed by atoms with van der Waals surface area (Å²) in [6, 6.07) is 10.4. The molecule has 0 aliphatic carbocycles. The molecule has 0 fully saturated rings. The molecule has 23 heavy (non-hydrogen) atoms. The number of hydrogen-bond acceptors (Lipinski definition) is 3. The normalized spacial score (nSPS) is 13.4. The Morgan fingerprint density at radius 2 is 1.83 bits per heavy atom. The average Bonchev–Trinajstić information content (AvgIpc) is 2.94. The molecule has 0 saturated carbocycles. The quantitative estimate of drug-likeness (QED) is 0.720. The van der Waals surface area contributed by atoms with Crippen LogP contribution in [0.2, 0.25) is 0 Å². The minimum atomic E-state index is -0.0540. The highest BCUT2D eigenvalue weighted by molar-refractivity contribution is 5.67. The van der Waals surface area contributed by atoms with Crippen molar-refractivity contribution in [3.05, 3.63) is 54.0 Å². The van der Waals surface area contributed by atoms with Crippen molar-refractivity contribution in [1.82, 2.24) is 14.4 Å². The van der Waals surface area contributed by atoms with E-state index in [4.69, 9.17) is 9.72 Å². The number of methoxy groups -OCH3 is 1. The Labute approximate surface area is 137 Å². The maximum atomic E-state index is 5.39. The number of benzene rings is 1. The van der Waals surface area contributed by atoms with Gasteiger partial charge in [0.15, 0.2) is 0 Å². The Morgan fingerprint density at radius 3 is 2.43 bits per heavy atom. The Bertz CT molecular complexity index is 813. The standard InChI is InChI=1S/C19H23N3O/c1-13(23-5)14-7-9-15(10-8-14)16-17(19(2,3)4)21-18-20-11-6-12-22(16)18/h6-13H,1-5H3. The second-order valence-corrected chi connectivity index (χ2v) is 6.85. The third kappa shape index (κ3) is 2.86. The summed E-state index contributed by atoms with van der Waals surface area (Å²) in [5, 5.41) is 0. The van der Waals surface area contributed by atoms with Crippen molar-refractivity contribution >= 4 is 5.78 Å². The van der Waals surface area contributed by atoms with Crippen molar-refractivity contribution in [2.75, 3.05) is 7.11 Å². The molecule has 0 aliphatic rings. The number of fused-ring (bicyclic) bond motifs is 1. The predicted molar refractivity (Wildman–Crippen MR) is 92.5 cm³/mol. The summed E-state index contributed by atoms with van der Waals surface area (Å²) in [7, 11) is 1.73. The number of aromatic nitrogens is 3. The van der Waals surface area contributed by atoms with Gasteiger partial charge in [-0.15, -0.1) is 0 Å². The van der Waals surface area contributed by atoms with Gasteiger partial charge >= 0.3 is 0 Å². The highest BCUT2D eigenvalue weighted by atomic mass is 16.5. The van der Waals surface area contributed by atoms with Gasteiger partial charge in [0.1, 0.15) is 0 Å². The molecule has 2 heterocycles. The monoisotopic (exact) mass is 309 g/mol. The fraction of sp³-hybridized carbons (Fsp3) is 0.368. The van der Waals surface area contributed by atoms with E-state index < -0.39 is 0 Å². The molecule has 0 radical (unpaired) electrons. The van der Waals surface area contributed by atoms with Gasteiger partial charge in [0, 0.05) is 30.5 Å². The van der Waals surface area contributed by atoms with Crippen molar-refractivity contribution < 1.29 is 4.74 Å². The SMILES string of the molecule is COC(C)c1ccc(-c2c(C(C)(C)C)nc3ncccn23)cc1. The van der Waals surface area contributed by atoms with E-state index in [1.807, 2.05) is 19.2 Å². The number of hydrogen-bond donors (Lipinski definition) is 0. The minimum Gasteiger partial charge on any atom is -0.377 e. The first kappa shape index (κ1) is 15.7. The molecule has 4 nitrogen and oxygen atoms in total. The molecule has 0 N–H and O–H groups in total. The maximum absolute atomic E-state index is 5.39. The van der Waals surface area contributed by atoms with Crippen LogP contribution in [-0.4, -0.2) is 21.5 Å². The topological polar surface area (TPSA) is 39.4 Å². The first-order chi connectivity index (χ1) is 10.9. The second-order valence-electron chi connectivity index (χ2n) is 6.85. The lowest BCUT2D eigenvalue weighted by Crippen LogP contribution is -2.13. The highest BCUT2D eigenvalue weighted by Gasteiger charge is 2.25. The van der Waals surface area contributed by atoms with Crippen LogP contribution >= 0.6 is 0 Å². The molecule has 1 atom stereocenters. The van der Waals surface area contributed by atoms with Gasteiger partial charge in [-0.25, -0.2) is 9.97 Å². The molecule has 0 amide bonds. The highest BCUT2D eigenvalue weighted by Crippen LogP contribution is 2.33. The molecule has 3 rings (SSSR count). The average molecular weight is 309 g/mol. The predicted octanol–water partition coefficient (Wildman–Crippen LogP) is 4.40. The molecular formula is C19H23N3O. The van der Waals surface area contributed by atoms with Gasteiger partial charge in [0.2, 0.25) is 5.78 Å². The minimum absolute atomic E-state index is 0.0540. The van der Waals surface area contributed by atoms with Gasteiger partial charge < -0.3 is 4.74 Å². The zero-order chi connectivity index (χ0) is 16.6. The van der Waals surface area contributed by atoms with Crippen LogP contribution in [0.1, 0.15) is 45.1 Å². The van der Waals surface area contributed by atoms with Gasteiger partial charge in [-0.3, -0.25) is 4.40 Å². The molecule has 4 heteroatoms. The van der Waals surface area contributed by atoms with Gasteiger partial charge in [-0.1, -0.05) is 45.0 Å². The summed E-state index contributed by atoms with van der Waals surface area (Å²) in [5.74, 6) is 0.738. The van der Waals surface area contributed by atoms with Crippen LogP contribution < -0.4 is 0 Å². The third-order valence-electron chi connectivity index (χ3n) is 4.12. The maximum Gasteiger partial charge on any atom is 0.234 e. The first-order valence-electron chi connectivity index (χ1n) is 7.88. The van der Waals surface area contributed by atoms with E-state index in [0.717, 1.165) is 22.7 Å². The summed E-state index contributed by atoms with van der Waals surface area (Å²) in [6.07, 6.45) is 3.89. The second kappa shape index (κ2) is 5.78. The third-order valence-corrected chi connectivity index (χ3v) is 4.12. The number of ether oxygens (including phenoxy) is 1. The molecular weight excluding hydrogens is 286 g/mol. The van der Waals surface area contributed by atoms with Crippen LogP contribution in [0.5, 0.6) is 0 Å². The summed E-state index contributed by atoms with van der Waals surface area (Å²) >= 11 is 0. The van der Waals surface area contributed by atoms with Crippen LogP contribution in [0.4, 0.5) is 0 Å². The molecule has 2 aromatic heterocycles. The van der Waals surface area contributed by atoms with Gasteiger partial charge in [-0.05, 0) is 18.6 Å². The van der Waals surface area contributed by atoms with Crippen LogP contribution in [0.25, 0.3) is 17.0 Å². The molecule has 0 bridgehead atoms. The van der Waals surface area contributed by atoms with E-state index in [0.29, 0.717) is 0 Å². The lowest BCUT2D eigenvalue weighted by atomic mass is 9.89. The fourth-order valence-electron chi connectivity index (χ4n) is 2.73. The molecule has 0 spiro atoms. The van der Waals surface area contributed by atoms with Gasteiger partial charge in [0.05, 0.1) is 17.5 Å². The molecule has 1 unspecified atom stereocenters. The Morgan fingerprint density at radius 1 is 1.13 bits per heavy atom. The lowest BCUT2D eigenvalue weighted by Gasteiger charge is -2.18. The lowest BCUT2D eigenvalue weighted by molar-refractivity contribution is 0.119. The Kier molecular flexibility index (Phi) is 3.94. The number of imidazole rings is 1. The van der Waals surface area contributed by atoms with Crippen molar-refractivity contribution in [2.24, 2.45) is 0 Å². The van der Waals surface area contributed by atoms with Gasteiger partial charge in [-0.2, -0.15) is 0 Å². The summed E-state index contributed by atoms with van der Waals surface area (Å²) in [4.78, 5) is 9.15. The van der Waals surface area contributed by atoms with Crippen LogP contribution in [0.3, 0.4) is 0 Å². The van der Waals surface area contributed by atoms with E-state index in [-0.39, 0.29) is 11.5 Å². The largest absolute Gasteiger partial charge is 0.377 e. The number of rotatable bonds is 3. The molecule has 0 aliphatic heterocycles. The zero-order valence-corrected chi connectivity index (χ0v) is 14.4. The molecule has 3 aromatic rings. The molecule has 0 saturated heterocycles. The van der Waals surface area contributed by atoms with Crippen molar-refractivity contribution in [3.8, 4) is 11.3 Å². The van der Waals surface area contributed by atoms with E-state index in [2.05, 4.69) is 54.4 Å². The molecule has 1 aromatic carbocycles. The summed E-state index contributed by atoms with van der Waals surface area (Å²) in [6.45, 7) is 8.59.